The van der Waals surface area contributed by atoms with E-state index in [1.165, 1.54) is 12.8 Å². The molecule has 0 aromatic rings. The Hall–Kier alpha value is -0.340. The van der Waals surface area contributed by atoms with Crippen molar-refractivity contribution in [3.63, 3.8) is 0 Å². The van der Waals surface area contributed by atoms with Crippen LogP contribution in [0.15, 0.2) is 12.2 Å². The molecule has 0 saturated heterocycles. The third kappa shape index (κ3) is 3.81. The normalized spacial score (nSPS) is 29.1. The highest BCUT2D eigenvalue weighted by molar-refractivity contribution is 4.93. The van der Waals surface area contributed by atoms with Gasteiger partial charge in [-0.15, -0.1) is 0 Å². The molecule has 1 aliphatic rings. The Balaban J connectivity index is 2.20. The summed E-state index contributed by atoms with van der Waals surface area (Å²) in [6, 6.07) is 0. The Kier molecular flexibility index (Phi) is 5.20. The molecule has 1 rings (SSSR count). The van der Waals surface area contributed by atoms with Crippen LogP contribution in [0.1, 0.15) is 33.1 Å². The van der Waals surface area contributed by atoms with E-state index in [0.29, 0.717) is 12.0 Å². The standard InChI is InChI=1S/C12H23NO/c1-10-5-3-4-6-12(10)9-14-11(2)7-8-13/h3-4,10-12H,5-9,13H2,1-2H3. The van der Waals surface area contributed by atoms with Crippen LogP contribution in [-0.4, -0.2) is 19.3 Å². The fraction of sp³-hybridized carbons (Fsp3) is 0.833. The molecule has 3 atom stereocenters. The number of rotatable bonds is 5. The number of hydrogen-bond acceptors (Lipinski definition) is 2. The molecule has 0 aliphatic heterocycles. The zero-order valence-electron chi connectivity index (χ0n) is 9.41. The minimum absolute atomic E-state index is 0.318. The molecule has 0 saturated carbocycles. The molecule has 1 aliphatic carbocycles. The van der Waals surface area contributed by atoms with E-state index in [4.69, 9.17) is 10.5 Å². The highest BCUT2D eigenvalue weighted by Gasteiger charge is 2.18. The fourth-order valence-corrected chi connectivity index (χ4v) is 1.84. The minimum atomic E-state index is 0.318. The van der Waals surface area contributed by atoms with Crippen LogP contribution >= 0.6 is 0 Å². The summed E-state index contributed by atoms with van der Waals surface area (Å²) in [5.74, 6) is 1.48. The van der Waals surface area contributed by atoms with Gasteiger partial charge in [-0.1, -0.05) is 19.1 Å². The van der Waals surface area contributed by atoms with E-state index in [-0.39, 0.29) is 0 Å². The lowest BCUT2D eigenvalue weighted by Crippen LogP contribution is -2.23. The van der Waals surface area contributed by atoms with Gasteiger partial charge < -0.3 is 10.5 Å². The molecule has 2 N–H and O–H groups in total. The average Bonchev–Trinajstić information content (AvgIpc) is 2.17. The van der Waals surface area contributed by atoms with Crippen molar-refractivity contribution >= 4 is 0 Å². The van der Waals surface area contributed by atoms with E-state index in [1.54, 1.807) is 0 Å². The number of allylic oxidation sites excluding steroid dienone is 2. The summed E-state index contributed by atoms with van der Waals surface area (Å²) in [6.45, 7) is 6.04. The molecular formula is C12H23NO. The molecule has 0 amide bonds. The summed E-state index contributed by atoms with van der Waals surface area (Å²) in [5, 5.41) is 0. The second-order valence-electron chi connectivity index (χ2n) is 4.40. The molecule has 0 aromatic heterocycles. The van der Waals surface area contributed by atoms with Gasteiger partial charge in [0.1, 0.15) is 0 Å². The molecule has 2 nitrogen and oxygen atoms in total. The van der Waals surface area contributed by atoms with Crippen LogP contribution in [0, 0.1) is 11.8 Å². The zero-order valence-corrected chi connectivity index (χ0v) is 9.41. The minimum Gasteiger partial charge on any atom is -0.378 e. The molecule has 0 bridgehead atoms. The summed E-state index contributed by atoms with van der Waals surface area (Å²) in [4.78, 5) is 0. The van der Waals surface area contributed by atoms with Gasteiger partial charge in [-0.05, 0) is 44.6 Å². The Labute approximate surface area is 87.5 Å². The third-order valence-electron chi connectivity index (χ3n) is 3.09. The smallest absolute Gasteiger partial charge is 0.0559 e. The van der Waals surface area contributed by atoms with E-state index in [0.717, 1.165) is 25.5 Å². The van der Waals surface area contributed by atoms with Crippen molar-refractivity contribution in [2.24, 2.45) is 17.6 Å². The van der Waals surface area contributed by atoms with Crippen molar-refractivity contribution in [1.29, 1.82) is 0 Å². The van der Waals surface area contributed by atoms with Crippen LogP contribution in [0.5, 0.6) is 0 Å². The van der Waals surface area contributed by atoms with Gasteiger partial charge in [-0.25, -0.2) is 0 Å². The first-order valence-corrected chi connectivity index (χ1v) is 5.70. The van der Waals surface area contributed by atoms with Crippen LogP contribution in [0.3, 0.4) is 0 Å². The maximum atomic E-state index is 5.78. The largest absolute Gasteiger partial charge is 0.378 e. The molecule has 0 radical (unpaired) electrons. The summed E-state index contributed by atoms with van der Waals surface area (Å²) >= 11 is 0. The molecule has 2 heteroatoms. The van der Waals surface area contributed by atoms with Crippen molar-refractivity contribution in [1.82, 2.24) is 0 Å². The lowest BCUT2D eigenvalue weighted by molar-refractivity contribution is 0.0236. The summed E-state index contributed by atoms with van der Waals surface area (Å²) in [7, 11) is 0. The van der Waals surface area contributed by atoms with Gasteiger partial charge >= 0.3 is 0 Å². The van der Waals surface area contributed by atoms with E-state index >= 15 is 0 Å². The molecule has 82 valence electrons. The van der Waals surface area contributed by atoms with Crippen LogP contribution < -0.4 is 5.73 Å². The van der Waals surface area contributed by atoms with Crippen LogP contribution in [0.2, 0.25) is 0 Å². The monoisotopic (exact) mass is 197 g/mol. The average molecular weight is 197 g/mol. The van der Waals surface area contributed by atoms with Gasteiger partial charge in [-0.3, -0.25) is 0 Å². The van der Waals surface area contributed by atoms with Crippen molar-refractivity contribution in [3.05, 3.63) is 12.2 Å². The number of hydrogen-bond donors (Lipinski definition) is 1. The van der Waals surface area contributed by atoms with E-state index in [1.807, 2.05) is 0 Å². The van der Waals surface area contributed by atoms with Gasteiger partial charge in [0.05, 0.1) is 12.7 Å². The zero-order chi connectivity index (χ0) is 10.4. The van der Waals surface area contributed by atoms with Gasteiger partial charge in [0.15, 0.2) is 0 Å². The van der Waals surface area contributed by atoms with Crippen LogP contribution in [0.25, 0.3) is 0 Å². The number of ether oxygens (including phenoxy) is 1. The SMILES string of the molecule is CC(CCN)OCC1CC=CCC1C. The molecule has 14 heavy (non-hydrogen) atoms. The summed E-state index contributed by atoms with van der Waals surface area (Å²) < 4.78 is 5.78. The van der Waals surface area contributed by atoms with Gasteiger partial charge in [-0.2, -0.15) is 0 Å². The van der Waals surface area contributed by atoms with E-state index in [9.17, 15) is 0 Å². The van der Waals surface area contributed by atoms with Crippen LogP contribution in [0.4, 0.5) is 0 Å². The predicted octanol–water partition coefficient (Wildman–Crippen LogP) is 2.34. The molecule has 0 fully saturated rings. The topological polar surface area (TPSA) is 35.2 Å². The Morgan fingerprint density at radius 3 is 2.79 bits per heavy atom. The van der Waals surface area contributed by atoms with Gasteiger partial charge in [0, 0.05) is 0 Å². The quantitative estimate of drug-likeness (QED) is 0.687. The first-order valence-electron chi connectivity index (χ1n) is 5.70. The lowest BCUT2D eigenvalue weighted by Gasteiger charge is -2.26. The number of nitrogens with two attached hydrogens (primary N) is 1. The third-order valence-corrected chi connectivity index (χ3v) is 3.09. The summed E-state index contributed by atoms with van der Waals surface area (Å²) in [6.07, 6.45) is 8.23. The van der Waals surface area contributed by atoms with Gasteiger partial charge in [0.2, 0.25) is 0 Å². The van der Waals surface area contributed by atoms with Crippen molar-refractivity contribution in [2.75, 3.05) is 13.2 Å². The maximum Gasteiger partial charge on any atom is 0.0559 e. The molecule has 0 heterocycles. The molecule has 0 spiro atoms. The van der Waals surface area contributed by atoms with Gasteiger partial charge in [0.25, 0.3) is 0 Å². The second kappa shape index (κ2) is 6.20. The highest BCUT2D eigenvalue weighted by atomic mass is 16.5. The molecule has 3 unspecified atom stereocenters. The lowest BCUT2D eigenvalue weighted by atomic mass is 9.85. The molecular weight excluding hydrogens is 174 g/mol. The maximum absolute atomic E-state index is 5.78. The van der Waals surface area contributed by atoms with E-state index < -0.39 is 0 Å². The first kappa shape index (κ1) is 11.7. The van der Waals surface area contributed by atoms with Crippen molar-refractivity contribution < 1.29 is 4.74 Å². The van der Waals surface area contributed by atoms with E-state index in [2.05, 4.69) is 26.0 Å². The predicted molar refractivity (Wildman–Crippen MR) is 60.1 cm³/mol. The summed E-state index contributed by atoms with van der Waals surface area (Å²) in [5.41, 5.74) is 5.47. The Morgan fingerprint density at radius 1 is 1.43 bits per heavy atom. The second-order valence-corrected chi connectivity index (χ2v) is 4.40. The Morgan fingerprint density at radius 2 is 2.14 bits per heavy atom. The first-order chi connectivity index (χ1) is 6.74. The van der Waals surface area contributed by atoms with Crippen molar-refractivity contribution in [3.8, 4) is 0 Å². The van der Waals surface area contributed by atoms with Crippen molar-refractivity contribution in [2.45, 2.75) is 39.2 Å². The van der Waals surface area contributed by atoms with Crippen LogP contribution in [-0.2, 0) is 4.74 Å². The fourth-order valence-electron chi connectivity index (χ4n) is 1.84. The molecule has 0 aromatic carbocycles. The highest BCUT2D eigenvalue weighted by Crippen LogP contribution is 2.25. The Bertz CT molecular complexity index is 179.